The second kappa shape index (κ2) is 5.40. The molecular formula is C17H13FO3. The molecule has 0 aliphatic rings. The Bertz CT molecular complexity index is 772. The number of rotatable bonds is 4. The SMILES string of the molecule is Cc1ccc(F)c(OCC(=O)c2cc3ccccc3o2)c1. The van der Waals surface area contributed by atoms with E-state index in [9.17, 15) is 9.18 Å². The van der Waals surface area contributed by atoms with Gasteiger partial charge in [0.15, 0.2) is 23.9 Å². The first-order valence-electron chi connectivity index (χ1n) is 6.54. The van der Waals surface area contributed by atoms with Crippen molar-refractivity contribution in [1.82, 2.24) is 0 Å². The lowest BCUT2D eigenvalue weighted by atomic mass is 10.2. The van der Waals surface area contributed by atoms with Crippen LogP contribution < -0.4 is 4.74 Å². The number of Topliss-reactive ketones (excluding diaryl/α,β-unsaturated/α-hetero) is 1. The quantitative estimate of drug-likeness (QED) is 0.676. The van der Waals surface area contributed by atoms with Gasteiger partial charge in [-0.2, -0.15) is 0 Å². The lowest BCUT2D eigenvalue weighted by molar-refractivity contribution is 0.0893. The first-order valence-corrected chi connectivity index (χ1v) is 6.54. The molecule has 0 N–H and O–H groups in total. The fourth-order valence-electron chi connectivity index (χ4n) is 2.05. The van der Waals surface area contributed by atoms with Crippen LogP contribution >= 0.6 is 0 Å². The summed E-state index contributed by atoms with van der Waals surface area (Å²) in [6, 6.07) is 13.5. The number of aryl methyl sites for hydroxylation is 1. The summed E-state index contributed by atoms with van der Waals surface area (Å²) in [6.45, 7) is 1.56. The Labute approximate surface area is 120 Å². The predicted molar refractivity (Wildman–Crippen MR) is 77.2 cm³/mol. The average molecular weight is 284 g/mol. The van der Waals surface area contributed by atoms with Gasteiger partial charge in [-0.05, 0) is 36.8 Å². The molecule has 3 rings (SSSR count). The molecule has 0 saturated carbocycles. The summed E-state index contributed by atoms with van der Waals surface area (Å²) < 4.78 is 24.2. The first kappa shape index (κ1) is 13.4. The number of carbonyl (C=O) groups excluding carboxylic acids is 1. The van der Waals surface area contributed by atoms with E-state index in [0.29, 0.717) is 5.58 Å². The Morgan fingerprint density at radius 2 is 2.00 bits per heavy atom. The topological polar surface area (TPSA) is 39.4 Å². The Morgan fingerprint density at radius 1 is 1.19 bits per heavy atom. The van der Waals surface area contributed by atoms with Gasteiger partial charge in [-0.1, -0.05) is 24.3 Å². The number of ether oxygens (including phenoxy) is 1. The lowest BCUT2D eigenvalue weighted by Gasteiger charge is -2.06. The summed E-state index contributed by atoms with van der Waals surface area (Å²) in [5.74, 6) is -0.533. The highest BCUT2D eigenvalue weighted by Crippen LogP contribution is 2.21. The van der Waals surface area contributed by atoms with Crippen LogP contribution in [0.1, 0.15) is 16.1 Å². The zero-order valence-corrected chi connectivity index (χ0v) is 11.4. The minimum atomic E-state index is -0.488. The number of furan rings is 1. The third-order valence-electron chi connectivity index (χ3n) is 3.15. The molecule has 1 heterocycles. The van der Waals surface area contributed by atoms with E-state index in [2.05, 4.69) is 0 Å². The summed E-state index contributed by atoms with van der Waals surface area (Å²) in [7, 11) is 0. The van der Waals surface area contributed by atoms with Gasteiger partial charge < -0.3 is 9.15 Å². The van der Waals surface area contributed by atoms with Crippen molar-refractivity contribution in [3.05, 3.63) is 65.7 Å². The summed E-state index contributed by atoms with van der Waals surface area (Å²) in [5, 5.41) is 0.850. The average Bonchev–Trinajstić information content (AvgIpc) is 2.92. The van der Waals surface area contributed by atoms with Gasteiger partial charge >= 0.3 is 0 Å². The Balaban J connectivity index is 1.75. The zero-order chi connectivity index (χ0) is 14.8. The van der Waals surface area contributed by atoms with Crippen LogP contribution in [0.4, 0.5) is 4.39 Å². The van der Waals surface area contributed by atoms with Crippen molar-refractivity contribution in [3.8, 4) is 5.75 Å². The molecule has 0 fully saturated rings. The highest BCUT2D eigenvalue weighted by molar-refractivity contribution is 5.98. The van der Waals surface area contributed by atoms with Crippen LogP contribution in [0.15, 0.2) is 52.9 Å². The van der Waals surface area contributed by atoms with E-state index in [0.717, 1.165) is 10.9 Å². The summed E-state index contributed by atoms with van der Waals surface area (Å²) in [4.78, 5) is 12.0. The molecule has 0 spiro atoms. The second-order valence-electron chi connectivity index (χ2n) is 4.79. The van der Waals surface area contributed by atoms with Crippen molar-refractivity contribution in [2.24, 2.45) is 0 Å². The smallest absolute Gasteiger partial charge is 0.235 e. The molecule has 0 atom stereocenters. The number of halogens is 1. The molecule has 3 nitrogen and oxygen atoms in total. The van der Waals surface area contributed by atoms with Crippen LogP contribution in [-0.2, 0) is 0 Å². The van der Waals surface area contributed by atoms with Crippen molar-refractivity contribution in [3.63, 3.8) is 0 Å². The fraction of sp³-hybridized carbons (Fsp3) is 0.118. The third kappa shape index (κ3) is 2.79. The standard InChI is InChI=1S/C17H13FO3/c1-11-6-7-13(18)16(8-11)20-10-14(19)17-9-12-4-2-3-5-15(12)21-17/h2-9H,10H2,1H3. The molecule has 0 unspecified atom stereocenters. The zero-order valence-electron chi connectivity index (χ0n) is 11.4. The highest BCUT2D eigenvalue weighted by Gasteiger charge is 2.14. The number of para-hydroxylation sites is 1. The molecule has 0 radical (unpaired) electrons. The van der Waals surface area contributed by atoms with Crippen LogP contribution in [0.5, 0.6) is 5.75 Å². The number of benzene rings is 2. The van der Waals surface area contributed by atoms with Gasteiger partial charge in [0.1, 0.15) is 5.58 Å². The molecule has 4 heteroatoms. The molecule has 21 heavy (non-hydrogen) atoms. The second-order valence-corrected chi connectivity index (χ2v) is 4.79. The number of carbonyl (C=O) groups is 1. The van der Waals surface area contributed by atoms with Gasteiger partial charge in [0.05, 0.1) is 0 Å². The van der Waals surface area contributed by atoms with Crippen molar-refractivity contribution in [1.29, 1.82) is 0 Å². The molecule has 2 aromatic carbocycles. The predicted octanol–water partition coefficient (Wildman–Crippen LogP) is 4.14. The maximum atomic E-state index is 13.5. The van der Waals surface area contributed by atoms with Gasteiger partial charge in [-0.3, -0.25) is 4.79 Å². The summed E-state index contributed by atoms with van der Waals surface area (Å²) >= 11 is 0. The molecule has 0 saturated heterocycles. The van der Waals surface area contributed by atoms with Gasteiger partial charge in [0.2, 0.25) is 5.78 Å². The van der Waals surface area contributed by atoms with Crippen LogP contribution in [0.2, 0.25) is 0 Å². The first-order chi connectivity index (χ1) is 10.1. The Morgan fingerprint density at radius 3 is 2.81 bits per heavy atom. The van der Waals surface area contributed by atoms with E-state index in [4.69, 9.17) is 9.15 Å². The maximum Gasteiger partial charge on any atom is 0.235 e. The van der Waals surface area contributed by atoms with Crippen LogP contribution in [-0.4, -0.2) is 12.4 Å². The van der Waals surface area contributed by atoms with Gasteiger partial charge in [-0.25, -0.2) is 4.39 Å². The molecular weight excluding hydrogens is 271 g/mol. The molecule has 3 aromatic rings. The van der Waals surface area contributed by atoms with E-state index in [1.54, 1.807) is 24.3 Å². The monoisotopic (exact) mass is 284 g/mol. The minimum Gasteiger partial charge on any atom is -0.482 e. The molecule has 0 aliphatic heterocycles. The van der Waals surface area contributed by atoms with Crippen LogP contribution in [0, 0.1) is 12.7 Å². The van der Waals surface area contributed by atoms with E-state index in [1.807, 2.05) is 25.1 Å². The maximum absolute atomic E-state index is 13.5. The summed E-state index contributed by atoms with van der Waals surface area (Å²) in [6.07, 6.45) is 0. The Hall–Kier alpha value is -2.62. The highest BCUT2D eigenvalue weighted by atomic mass is 19.1. The van der Waals surface area contributed by atoms with Gasteiger partial charge in [0, 0.05) is 5.39 Å². The number of hydrogen-bond donors (Lipinski definition) is 0. The van der Waals surface area contributed by atoms with Crippen molar-refractivity contribution in [2.45, 2.75) is 6.92 Å². The normalized spacial score (nSPS) is 10.8. The Kier molecular flexibility index (Phi) is 3.44. The van der Waals surface area contributed by atoms with Crippen molar-refractivity contribution >= 4 is 16.8 Å². The van der Waals surface area contributed by atoms with Gasteiger partial charge in [0.25, 0.3) is 0 Å². The van der Waals surface area contributed by atoms with Crippen LogP contribution in [0.25, 0.3) is 11.0 Å². The largest absolute Gasteiger partial charge is 0.482 e. The number of fused-ring (bicyclic) bond motifs is 1. The molecule has 0 amide bonds. The molecule has 106 valence electrons. The van der Waals surface area contributed by atoms with E-state index in [1.165, 1.54) is 6.07 Å². The number of ketones is 1. The van der Waals surface area contributed by atoms with Gasteiger partial charge in [-0.15, -0.1) is 0 Å². The van der Waals surface area contributed by atoms with E-state index < -0.39 is 5.82 Å². The third-order valence-corrected chi connectivity index (χ3v) is 3.15. The van der Waals surface area contributed by atoms with E-state index >= 15 is 0 Å². The molecule has 1 aromatic heterocycles. The lowest BCUT2D eigenvalue weighted by Crippen LogP contribution is -2.11. The minimum absolute atomic E-state index is 0.0689. The molecule has 0 aliphatic carbocycles. The van der Waals surface area contributed by atoms with Crippen LogP contribution in [0.3, 0.4) is 0 Å². The number of hydrogen-bond acceptors (Lipinski definition) is 3. The summed E-state index contributed by atoms with van der Waals surface area (Å²) in [5.41, 5.74) is 1.50. The molecule has 0 bridgehead atoms. The fourth-order valence-corrected chi connectivity index (χ4v) is 2.05. The van der Waals surface area contributed by atoms with E-state index in [-0.39, 0.29) is 23.9 Å². The van der Waals surface area contributed by atoms with Crippen molar-refractivity contribution < 1.29 is 18.3 Å². The van der Waals surface area contributed by atoms with Crippen molar-refractivity contribution in [2.75, 3.05) is 6.61 Å².